The summed E-state index contributed by atoms with van der Waals surface area (Å²) in [6.07, 6.45) is 5.98. The maximum absolute atomic E-state index is 2.51. The van der Waals surface area contributed by atoms with Gasteiger partial charge in [-0.15, -0.1) is 0 Å². The highest BCUT2D eigenvalue weighted by molar-refractivity contribution is 6.23. The second-order valence-corrected chi connectivity index (χ2v) is 13.2. The smallest absolute Gasteiger partial charge is 0.00261 e. The summed E-state index contributed by atoms with van der Waals surface area (Å²) in [6, 6.07) is 16.7. The fourth-order valence-corrected chi connectivity index (χ4v) is 5.35. The minimum absolute atomic E-state index is 0.0997. The van der Waals surface area contributed by atoms with Crippen LogP contribution in [0.5, 0.6) is 0 Å². The summed E-state index contributed by atoms with van der Waals surface area (Å²) in [6.45, 7) is 21.0. The molecule has 0 amide bonds. The van der Waals surface area contributed by atoms with Crippen molar-refractivity contribution < 1.29 is 0 Å². The molecular formula is C33H38. The number of hydrogen-bond donors (Lipinski definition) is 0. The van der Waals surface area contributed by atoms with Gasteiger partial charge in [0.2, 0.25) is 0 Å². The lowest BCUT2D eigenvalue weighted by molar-refractivity contribution is 0.500. The van der Waals surface area contributed by atoms with E-state index in [9.17, 15) is 0 Å². The van der Waals surface area contributed by atoms with Crippen LogP contribution < -0.4 is 5.22 Å². The first kappa shape index (κ1) is 22.2. The quantitative estimate of drug-likeness (QED) is 0.191. The zero-order valence-electron chi connectivity index (χ0n) is 21.9. The molecule has 5 rings (SSSR count). The van der Waals surface area contributed by atoms with Crippen LogP contribution in [0, 0.1) is 5.41 Å². The van der Waals surface area contributed by atoms with Gasteiger partial charge in [-0.25, -0.2) is 0 Å². The summed E-state index contributed by atoms with van der Waals surface area (Å²) in [5, 5.41) is 9.84. The van der Waals surface area contributed by atoms with E-state index in [1.807, 2.05) is 0 Å². The van der Waals surface area contributed by atoms with Gasteiger partial charge < -0.3 is 0 Å². The number of benzene rings is 4. The van der Waals surface area contributed by atoms with Crippen molar-refractivity contribution in [1.29, 1.82) is 0 Å². The van der Waals surface area contributed by atoms with E-state index in [4.69, 9.17) is 0 Å². The Labute approximate surface area is 199 Å². The van der Waals surface area contributed by atoms with Crippen molar-refractivity contribution in [2.24, 2.45) is 5.41 Å². The molecule has 0 heterocycles. The van der Waals surface area contributed by atoms with Crippen molar-refractivity contribution in [2.75, 3.05) is 0 Å². The van der Waals surface area contributed by atoms with Crippen molar-refractivity contribution >= 4 is 44.5 Å². The van der Waals surface area contributed by atoms with Gasteiger partial charge in [0.15, 0.2) is 0 Å². The number of fused-ring (bicyclic) bond motifs is 2. The standard InChI is InChI=1S/C33H38/c1-31(2,3)22-13-14-26-28-19-24(33(7,8)9)17-21-16-23(32(4,5)6)18-27(30(21)28)25-12-10-11-20(15-22)29(25)26/h10-12,14-19H,13H2,1-9H3. The molecule has 4 aromatic carbocycles. The van der Waals surface area contributed by atoms with E-state index in [1.54, 1.807) is 0 Å². The monoisotopic (exact) mass is 434 g/mol. The largest absolute Gasteiger partial charge is 0.0719 e. The first-order chi connectivity index (χ1) is 15.2. The summed E-state index contributed by atoms with van der Waals surface area (Å²) in [5.41, 5.74) is 6.04. The second-order valence-electron chi connectivity index (χ2n) is 13.2. The van der Waals surface area contributed by atoms with Crippen LogP contribution in [0.3, 0.4) is 0 Å². The molecule has 4 aromatic rings. The van der Waals surface area contributed by atoms with Crippen molar-refractivity contribution in [3.63, 3.8) is 0 Å². The van der Waals surface area contributed by atoms with E-state index in [0.717, 1.165) is 6.42 Å². The maximum atomic E-state index is 2.51. The van der Waals surface area contributed by atoms with Gasteiger partial charge in [-0.2, -0.15) is 0 Å². The molecule has 0 fully saturated rings. The van der Waals surface area contributed by atoms with E-state index < -0.39 is 0 Å². The molecule has 0 N–H and O–H groups in total. The van der Waals surface area contributed by atoms with Crippen LogP contribution in [0.2, 0.25) is 0 Å². The summed E-state index contributed by atoms with van der Waals surface area (Å²) in [4.78, 5) is 0. The molecule has 0 heteroatoms. The van der Waals surface area contributed by atoms with Crippen molar-refractivity contribution in [1.82, 2.24) is 0 Å². The van der Waals surface area contributed by atoms with Gasteiger partial charge in [0.05, 0.1) is 0 Å². The molecule has 0 bridgehead atoms. The molecule has 1 aliphatic carbocycles. The lowest BCUT2D eigenvalue weighted by Gasteiger charge is -2.25. The van der Waals surface area contributed by atoms with Crippen LogP contribution in [-0.2, 0) is 10.8 Å². The Balaban J connectivity index is 2.06. The Morgan fingerprint density at radius 3 is 1.79 bits per heavy atom. The van der Waals surface area contributed by atoms with Gasteiger partial charge in [0.25, 0.3) is 0 Å². The first-order valence-electron chi connectivity index (χ1n) is 12.4. The lowest BCUT2D eigenvalue weighted by Crippen LogP contribution is -2.15. The van der Waals surface area contributed by atoms with Crippen LogP contribution in [0.4, 0.5) is 0 Å². The van der Waals surface area contributed by atoms with E-state index in [0.29, 0.717) is 0 Å². The predicted octanol–water partition coefficient (Wildman–Crippen LogP) is 9.07. The fourth-order valence-electron chi connectivity index (χ4n) is 5.35. The zero-order chi connectivity index (χ0) is 23.9. The fraction of sp³-hybridized carbons (Fsp3) is 0.394. The number of hydrogen-bond acceptors (Lipinski definition) is 0. The summed E-state index contributed by atoms with van der Waals surface area (Å²) in [5.74, 6) is 0. The molecular weight excluding hydrogens is 396 g/mol. The highest BCUT2D eigenvalue weighted by atomic mass is 14.3. The topological polar surface area (TPSA) is 0 Å². The van der Waals surface area contributed by atoms with Gasteiger partial charge in [-0.3, -0.25) is 0 Å². The summed E-state index contributed by atoms with van der Waals surface area (Å²) >= 11 is 0. The van der Waals surface area contributed by atoms with Crippen LogP contribution in [0.15, 0.2) is 48.0 Å². The third kappa shape index (κ3) is 3.59. The highest BCUT2D eigenvalue weighted by Crippen LogP contribution is 2.40. The molecule has 0 radical (unpaired) electrons. The number of allylic oxidation sites excluding steroid dienone is 1. The van der Waals surface area contributed by atoms with Gasteiger partial charge in [-0.1, -0.05) is 110 Å². The molecule has 1 aliphatic rings. The van der Waals surface area contributed by atoms with Crippen molar-refractivity contribution in [3.8, 4) is 0 Å². The van der Waals surface area contributed by atoms with Gasteiger partial charge >= 0.3 is 0 Å². The zero-order valence-corrected chi connectivity index (χ0v) is 21.9. The third-order valence-corrected chi connectivity index (χ3v) is 7.55. The molecule has 0 aliphatic heterocycles. The normalized spacial score (nSPS) is 15.1. The van der Waals surface area contributed by atoms with Crippen LogP contribution in [-0.4, -0.2) is 0 Å². The Morgan fingerprint density at radius 1 is 0.606 bits per heavy atom. The van der Waals surface area contributed by atoms with Gasteiger partial charge in [0, 0.05) is 0 Å². The Hall–Kier alpha value is -2.60. The minimum atomic E-state index is 0.0997. The SMILES string of the molecule is CC(C)(C)C1=Cc2cccc3c2c(c2cc(C(C)(C)C)cc4cc(C(C)(C)C)cc3c42)=CC1. The first-order valence-corrected chi connectivity index (χ1v) is 12.4. The molecule has 0 saturated heterocycles. The molecule has 33 heavy (non-hydrogen) atoms. The highest BCUT2D eigenvalue weighted by Gasteiger charge is 2.23. The average molecular weight is 435 g/mol. The van der Waals surface area contributed by atoms with Crippen molar-refractivity contribution in [2.45, 2.75) is 79.6 Å². The Bertz CT molecular complexity index is 1500. The van der Waals surface area contributed by atoms with Crippen LogP contribution in [0.25, 0.3) is 44.5 Å². The van der Waals surface area contributed by atoms with E-state index >= 15 is 0 Å². The minimum Gasteiger partial charge on any atom is -0.0719 e. The molecule has 0 atom stereocenters. The summed E-state index contributed by atoms with van der Waals surface area (Å²) in [7, 11) is 0. The Kier molecular flexibility index (Phi) is 4.68. The molecule has 0 nitrogen and oxygen atoms in total. The predicted molar refractivity (Wildman–Crippen MR) is 148 cm³/mol. The van der Waals surface area contributed by atoms with Gasteiger partial charge in [-0.05, 0) is 89.0 Å². The second kappa shape index (κ2) is 6.95. The molecule has 0 spiro atoms. The van der Waals surface area contributed by atoms with E-state index in [1.165, 1.54) is 59.8 Å². The Morgan fingerprint density at radius 2 is 1.21 bits per heavy atom. The molecule has 0 aromatic heterocycles. The van der Waals surface area contributed by atoms with E-state index in [2.05, 4.69) is 117 Å². The number of rotatable bonds is 0. The summed E-state index contributed by atoms with van der Waals surface area (Å²) < 4.78 is 0. The lowest BCUT2D eigenvalue weighted by atomic mass is 9.79. The third-order valence-electron chi connectivity index (χ3n) is 7.55. The van der Waals surface area contributed by atoms with Crippen molar-refractivity contribution in [3.05, 3.63) is 69.9 Å². The molecule has 0 unspecified atom stereocenters. The maximum Gasteiger partial charge on any atom is -0.00261 e. The van der Waals surface area contributed by atoms with Crippen LogP contribution >= 0.6 is 0 Å². The van der Waals surface area contributed by atoms with Crippen LogP contribution in [0.1, 0.15) is 85.4 Å². The van der Waals surface area contributed by atoms with E-state index in [-0.39, 0.29) is 16.2 Å². The molecule has 170 valence electrons. The van der Waals surface area contributed by atoms with Gasteiger partial charge in [0.1, 0.15) is 0 Å². The average Bonchev–Trinajstić information content (AvgIpc) is 2.90. The molecule has 0 saturated carbocycles.